The fourth-order valence-electron chi connectivity index (χ4n) is 2.69. The SMILES string of the molecule is O=C(c1cc(-c2ccc(Cl)cc2)n[nH]1)N1CCN(CCO)CC1. The molecule has 1 aromatic heterocycles. The Morgan fingerprint density at radius 3 is 2.57 bits per heavy atom. The minimum Gasteiger partial charge on any atom is -0.395 e. The molecule has 0 atom stereocenters. The van der Waals surface area contributed by atoms with Gasteiger partial charge in [0.25, 0.3) is 5.91 Å². The minimum atomic E-state index is -0.0404. The van der Waals surface area contributed by atoms with E-state index in [0.29, 0.717) is 30.4 Å². The second-order valence-electron chi connectivity index (χ2n) is 5.53. The van der Waals surface area contributed by atoms with E-state index in [0.717, 1.165) is 24.3 Å². The van der Waals surface area contributed by atoms with Crippen molar-refractivity contribution in [1.29, 1.82) is 0 Å². The second kappa shape index (κ2) is 7.12. The molecule has 0 spiro atoms. The Kier molecular flexibility index (Phi) is 4.95. The van der Waals surface area contributed by atoms with Crippen molar-refractivity contribution in [3.8, 4) is 11.3 Å². The summed E-state index contributed by atoms with van der Waals surface area (Å²) in [6, 6.07) is 9.12. The van der Waals surface area contributed by atoms with E-state index in [-0.39, 0.29) is 12.5 Å². The maximum absolute atomic E-state index is 12.5. The Morgan fingerprint density at radius 1 is 1.22 bits per heavy atom. The molecule has 6 nitrogen and oxygen atoms in total. The largest absolute Gasteiger partial charge is 0.395 e. The van der Waals surface area contributed by atoms with Crippen molar-refractivity contribution >= 4 is 17.5 Å². The highest BCUT2D eigenvalue weighted by atomic mass is 35.5. The third-order valence-electron chi connectivity index (χ3n) is 4.02. The van der Waals surface area contributed by atoms with Gasteiger partial charge in [0.2, 0.25) is 0 Å². The van der Waals surface area contributed by atoms with Crippen LogP contribution in [0.3, 0.4) is 0 Å². The van der Waals surface area contributed by atoms with Gasteiger partial charge in [0.1, 0.15) is 5.69 Å². The van der Waals surface area contributed by atoms with Gasteiger partial charge in [-0.15, -0.1) is 0 Å². The first-order valence-electron chi connectivity index (χ1n) is 7.61. The van der Waals surface area contributed by atoms with E-state index in [1.165, 1.54) is 0 Å². The average molecular weight is 335 g/mol. The van der Waals surface area contributed by atoms with Crippen molar-refractivity contribution in [3.63, 3.8) is 0 Å². The first-order chi connectivity index (χ1) is 11.2. The number of carbonyl (C=O) groups is 1. The lowest BCUT2D eigenvalue weighted by molar-refractivity contribution is 0.0609. The van der Waals surface area contributed by atoms with Crippen molar-refractivity contribution in [1.82, 2.24) is 20.0 Å². The lowest BCUT2D eigenvalue weighted by atomic mass is 10.1. The molecule has 0 unspecified atom stereocenters. The molecule has 1 aliphatic heterocycles. The van der Waals surface area contributed by atoms with E-state index < -0.39 is 0 Å². The van der Waals surface area contributed by atoms with Crippen LogP contribution in [0.2, 0.25) is 5.02 Å². The van der Waals surface area contributed by atoms with Gasteiger partial charge in [-0.1, -0.05) is 23.7 Å². The van der Waals surface area contributed by atoms with E-state index in [4.69, 9.17) is 16.7 Å². The molecule has 2 aromatic rings. The fraction of sp³-hybridized carbons (Fsp3) is 0.375. The van der Waals surface area contributed by atoms with Gasteiger partial charge in [-0.05, 0) is 18.2 Å². The number of benzene rings is 1. The highest BCUT2D eigenvalue weighted by Gasteiger charge is 2.23. The number of nitrogens with one attached hydrogen (secondary N) is 1. The van der Waals surface area contributed by atoms with Gasteiger partial charge in [0.15, 0.2) is 0 Å². The molecule has 3 rings (SSSR count). The molecule has 0 radical (unpaired) electrons. The van der Waals surface area contributed by atoms with Crippen LogP contribution < -0.4 is 0 Å². The number of aliphatic hydroxyl groups excluding tert-OH is 1. The number of halogens is 1. The molecule has 1 amide bonds. The van der Waals surface area contributed by atoms with Crippen LogP contribution in [0.25, 0.3) is 11.3 Å². The maximum Gasteiger partial charge on any atom is 0.271 e. The Labute approximate surface area is 139 Å². The number of aliphatic hydroxyl groups is 1. The molecule has 0 bridgehead atoms. The Bertz CT molecular complexity index is 663. The molecule has 23 heavy (non-hydrogen) atoms. The zero-order valence-corrected chi connectivity index (χ0v) is 13.5. The molecule has 0 saturated carbocycles. The van der Waals surface area contributed by atoms with Gasteiger partial charge in [-0.3, -0.25) is 14.8 Å². The number of β-amino-alcohol motifs (C(OH)–C–C–N with tert-alkyl or cyclic N) is 1. The quantitative estimate of drug-likeness (QED) is 0.888. The minimum absolute atomic E-state index is 0.0404. The second-order valence-corrected chi connectivity index (χ2v) is 5.97. The summed E-state index contributed by atoms with van der Waals surface area (Å²) in [7, 11) is 0. The van der Waals surface area contributed by atoms with Gasteiger partial charge in [-0.2, -0.15) is 5.10 Å². The fourth-order valence-corrected chi connectivity index (χ4v) is 2.81. The van der Waals surface area contributed by atoms with Crippen LogP contribution >= 0.6 is 11.6 Å². The molecule has 1 fully saturated rings. The lowest BCUT2D eigenvalue weighted by Gasteiger charge is -2.34. The summed E-state index contributed by atoms with van der Waals surface area (Å²) in [5.74, 6) is -0.0404. The number of rotatable bonds is 4. The van der Waals surface area contributed by atoms with Gasteiger partial charge >= 0.3 is 0 Å². The molecule has 2 heterocycles. The standard InChI is InChI=1S/C16H19ClN4O2/c17-13-3-1-12(2-4-13)14-11-15(19-18-14)16(23)21-7-5-20(6-8-21)9-10-22/h1-4,11,22H,5-10H2,(H,18,19). The lowest BCUT2D eigenvalue weighted by Crippen LogP contribution is -2.49. The predicted octanol–water partition coefficient (Wildman–Crippen LogP) is 1.48. The molecule has 122 valence electrons. The molecule has 1 saturated heterocycles. The summed E-state index contributed by atoms with van der Waals surface area (Å²) in [4.78, 5) is 16.5. The number of piperazine rings is 1. The summed E-state index contributed by atoms with van der Waals surface area (Å²) in [5, 5.41) is 16.7. The third kappa shape index (κ3) is 3.72. The summed E-state index contributed by atoms with van der Waals surface area (Å²) in [6.07, 6.45) is 0. The van der Waals surface area contributed by atoms with Gasteiger partial charge in [-0.25, -0.2) is 0 Å². The van der Waals surface area contributed by atoms with E-state index in [2.05, 4.69) is 15.1 Å². The topological polar surface area (TPSA) is 72.5 Å². The van der Waals surface area contributed by atoms with E-state index in [1.54, 1.807) is 18.2 Å². The van der Waals surface area contributed by atoms with Crippen LogP contribution in [0.4, 0.5) is 0 Å². The van der Waals surface area contributed by atoms with Gasteiger partial charge in [0.05, 0.1) is 12.3 Å². The number of carbonyl (C=O) groups excluding carboxylic acids is 1. The van der Waals surface area contributed by atoms with Crippen molar-refractivity contribution in [2.45, 2.75) is 0 Å². The molecule has 1 aliphatic rings. The van der Waals surface area contributed by atoms with Gasteiger partial charge < -0.3 is 10.0 Å². The zero-order valence-electron chi connectivity index (χ0n) is 12.7. The van der Waals surface area contributed by atoms with Gasteiger partial charge in [0, 0.05) is 43.3 Å². The van der Waals surface area contributed by atoms with Crippen molar-refractivity contribution in [3.05, 3.63) is 41.0 Å². The number of amides is 1. The Hall–Kier alpha value is -1.89. The van der Waals surface area contributed by atoms with E-state index in [9.17, 15) is 4.79 Å². The maximum atomic E-state index is 12.5. The van der Waals surface area contributed by atoms with Crippen LogP contribution in [0.5, 0.6) is 0 Å². The number of hydrogen-bond donors (Lipinski definition) is 2. The summed E-state index contributed by atoms with van der Waals surface area (Å²) in [6.45, 7) is 3.70. The molecule has 2 N–H and O–H groups in total. The first kappa shape index (κ1) is 16.0. The molecule has 7 heteroatoms. The third-order valence-corrected chi connectivity index (χ3v) is 4.28. The number of aromatic amines is 1. The summed E-state index contributed by atoms with van der Waals surface area (Å²) >= 11 is 5.88. The molecular weight excluding hydrogens is 316 g/mol. The normalized spacial score (nSPS) is 15.8. The smallest absolute Gasteiger partial charge is 0.271 e. The predicted molar refractivity (Wildman–Crippen MR) is 88.5 cm³/mol. The highest BCUT2D eigenvalue weighted by molar-refractivity contribution is 6.30. The number of H-pyrrole nitrogens is 1. The summed E-state index contributed by atoms with van der Waals surface area (Å²) in [5.41, 5.74) is 2.13. The Morgan fingerprint density at radius 2 is 1.91 bits per heavy atom. The van der Waals surface area contributed by atoms with Crippen molar-refractivity contribution < 1.29 is 9.90 Å². The van der Waals surface area contributed by atoms with Crippen LogP contribution in [-0.2, 0) is 0 Å². The molecule has 1 aromatic carbocycles. The molecular formula is C16H19ClN4O2. The van der Waals surface area contributed by atoms with E-state index in [1.807, 2.05) is 17.0 Å². The van der Waals surface area contributed by atoms with Crippen LogP contribution in [0.15, 0.2) is 30.3 Å². The number of hydrogen-bond acceptors (Lipinski definition) is 4. The first-order valence-corrected chi connectivity index (χ1v) is 7.99. The molecule has 0 aliphatic carbocycles. The van der Waals surface area contributed by atoms with Crippen molar-refractivity contribution in [2.24, 2.45) is 0 Å². The Balaban J connectivity index is 1.66. The summed E-state index contributed by atoms with van der Waals surface area (Å²) < 4.78 is 0. The van der Waals surface area contributed by atoms with Crippen LogP contribution in [0.1, 0.15) is 10.5 Å². The average Bonchev–Trinajstić information content (AvgIpc) is 3.06. The van der Waals surface area contributed by atoms with Crippen LogP contribution in [0, 0.1) is 0 Å². The zero-order chi connectivity index (χ0) is 16.2. The van der Waals surface area contributed by atoms with Crippen molar-refractivity contribution in [2.75, 3.05) is 39.3 Å². The van der Waals surface area contributed by atoms with E-state index >= 15 is 0 Å². The highest BCUT2D eigenvalue weighted by Crippen LogP contribution is 2.20. The number of nitrogens with zero attached hydrogens (tertiary/aromatic N) is 3. The van der Waals surface area contributed by atoms with Crippen LogP contribution in [-0.4, -0.2) is 70.3 Å². The monoisotopic (exact) mass is 334 g/mol. The number of aromatic nitrogens is 2.